The second-order valence-electron chi connectivity index (χ2n) is 6.00. The fraction of sp³-hybridized carbons (Fsp3) is 0.222. The summed E-state index contributed by atoms with van der Waals surface area (Å²) in [6, 6.07) is 13.0. The minimum Gasteiger partial charge on any atom is -0.352 e. The first-order valence-corrected chi connectivity index (χ1v) is 8.73. The third-order valence-corrected chi connectivity index (χ3v) is 5.41. The smallest absolute Gasteiger partial charge is 0.256 e. The van der Waals surface area contributed by atoms with Crippen molar-refractivity contribution < 1.29 is 9.59 Å². The van der Waals surface area contributed by atoms with Crippen LogP contribution in [0.4, 0.5) is 5.69 Å². The third kappa shape index (κ3) is 2.90. The van der Waals surface area contributed by atoms with Crippen LogP contribution in [0.2, 0.25) is 0 Å². The van der Waals surface area contributed by atoms with Gasteiger partial charge < -0.3 is 16.0 Å². The SMILES string of the molecule is O=C(NCC1CNC1)c1ccc2c(c1)NC(=O)c1ccccc1S2. The molecular formula is C18H17N3O2S. The third-order valence-electron chi connectivity index (χ3n) is 4.26. The molecule has 2 heterocycles. The molecule has 2 aliphatic heterocycles. The van der Waals surface area contributed by atoms with Gasteiger partial charge in [0, 0.05) is 40.9 Å². The Kier molecular flexibility index (Phi) is 4.00. The van der Waals surface area contributed by atoms with E-state index in [1.807, 2.05) is 30.3 Å². The number of hydrogen-bond donors (Lipinski definition) is 3. The van der Waals surface area contributed by atoms with E-state index in [1.54, 1.807) is 12.1 Å². The van der Waals surface area contributed by atoms with Crippen molar-refractivity contribution in [3.05, 3.63) is 53.6 Å². The number of nitrogens with one attached hydrogen (secondary N) is 3. The zero-order valence-electron chi connectivity index (χ0n) is 13.0. The lowest BCUT2D eigenvalue weighted by molar-refractivity contribution is 0.0941. The summed E-state index contributed by atoms with van der Waals surface area (Å²) in [7, 11) is 0. The molecular weight excluding hydrogens is 322 g/mol. The summed E-state index contributed by atoms with van der Waals surface area (Å²) >= 11 is 1.54. The van der Waals surface area contributed by atoms with E-state index in [0.717, 1.165) is 22.9 Å². The highest BCUT2D eigenvalue weighted by molar-refractivity contribution is 7.99. The summed E-state index contributed by atoms with van der Waals surface area (Å²) in [6.45, 7) is 2.58. The monoisotopic (exact) mass is 339 g/mol. The van der Waals surface area contributed by atoms with E-state index in [-0.39, 0.29) is 11.8 Å². The average Bonchev–Trinajstić information content (AvgIpc) is 2.68. The molecule has 0 aromatic heterocycles. The van der Waals surface area contributed by atoms with Gasteiger partial charge in [-0.05, 0) is 30.3 Å². The Morgan fingerprint density at radius 3 is 2.79 bits per heavy atom. The lowest BCUT2D eigenvalue weighted by Gasteiger charge is -2.27. The summed E-state index contributed by atoms with van der Waals surface area (Å²) in [4.78, 5) is 26.5. The van der Waals surface area contributed by atoms with Gasteiger partial charge in [-0.3, -0.25) is 9.59 Å². The Bertz CT molecular complexity index is 818. The predicted molar refractivity (Wildman–Crippen MR) is 93.7 cm³/mol. The molecule has 3 N–H and O–H groups in total. The molecule has 24 heavy (non-hydrogen) atoms. The number of anilines is 1. The summed E-state index contributed by atoms with van der Waals surface area (Å²) in [5.41, 5.74) is 1.90. The quantitative estimate of drug-likeness (QED) is 0.803. The van der Waals surface area contributed by atoms with E-state index in [0.29, 0.717) is 29.3 Å². The van der Waals surface area contributed by atoms with E-state index in [1.165, 1.54) is 11.8 Å². The molecule has 122 valence electrons. The lowest BCUT2D eigenvalue weighted by atomic mass is 10.0. The van der Waals surface area contributed by atoms with Gasteiger partial charge in [0.15, 0.2) is 0 Å². The van der Waals surface area contributed by atoms with E-state index in [4.69, 9.17) is 0 Å². The zero-order valence-corrected chi connectivity index (χ0v) is 13.8. The lowest BCUT2D eigenvalue weighted by Crippen LogP contribution is -2.48. The Morgan fingerprint density at radius 2 is 2.00 bits per heavy atom. The van der Waals surface area contributed by atoms with Crippen molar-refractivity contribution in [1.82, 2.24) is 10.6 Å². The molecule has 2 aromatic rings. The number of fused-ring (bicyclic) bond motifs is 2. The molecule has 0 unspecified atom stereocenters. The first-order valence-electron chi connectivity index (χ1n) is 7.92. The molecule has 1 fully saturated rings. The maximum atomic E-state index is 12.4. The van der Waals surface area contributed by atoms with Crippen LogP contribution >= 0.6 is 11.8 Å². The minimum atomic E-state index is -0.144. The van der Waals surface area contributed by atoms with Crippen LogP contribution in [0.25, 0.3) is 0 Å². The van der Waals surface area contributed by atoms with Crippen LogP contribution in [0, 0.1) is 5.92 Å². The van der Waals surface area contributed by atoms with Gasteiger partial charge in [0.1, 0.15) is 0 Å². The van der Waals surface area contributed by atoms with Crippen LogP contribution in [-0.2, 0) is 0 Å². The van der Waals surface area contributed by atoms with Crippen LogP contribution in [0.5, 0.6) is 0 Å². The molecule has 0 bridgehead atoms. The molecule has 2 aromatic carbocycles. The summed E-state index contributed by atoms with van der Waals surface area (Å²) in [5, 5.41) is 9.05. The Labute approximate surface area is 144 Å². The number of rotatable bonds is 3. The van der Waals surface area contributed by atoms with Crippen molar-refractivity contribution in [3.63, 3.8) is 0 Å². The molecule has 0 aliphatic carbocycles. The first kappa shape index (κ1) is 15.2. The standard InChI is InChI=1S/C18H17N3O2S/c22-17(20-10-11-8-19-9-11)12-5-6-16-14(7-12)21-18(23)13-3-1-2-4-15(13)24-16/h1-7,11,19H,8-10H2,(H,20,22)(H,21,23). The largest absolute Gasteiger partial charge is 0.352 e. The fourth-order valence-corrected chi connectivity index (χ4v) is 3.75. The number of hydrogen-bond acceptors (Lipinski definition) is 4. The van der Waals surface area contributed by atoms with Crippen LogP contribution in [-0.4, -0.2) is 31.4 Å². The van der Waals surface area contributed by atoms with Gasteiger partial charge in [-0.15, -0.1) is 0 Å². The molecule has 0 spiro atoms. The van der Waals surface area contributed by atoms with Gasteiger partial charge in [0.05, 0.1) is 11.3 Å². The van der Waals surface area contributed by atoms with Crippen molar-refractivity contribution in [2.75, 3.05) is 25.0 Å². The molecule has 4 rings (SSSR count). The number of carbonyl (C=O) groups excluding carboxylic acids is 2. The van der Waals surface area contributed by atoms with Gasteiger partial charge in [0.25, 0.3) is 11.8 Å². The van der Waals surface area contributed by atoms with E-state index in [2.05, 4.69) is 16.0 Å². The summed E-state index contributed by atoms with van der Waals surface area (Å²) < 4.78 is 0. The highest BCUT2D eigenvalue weighted by Gasteiger charge is 2.21. The van der Waals surface area contributed by atoms with Crippen LogP contribution in [0.1, 0.15) is 20.7 Å². The Balaban J connectivity index is 1.56. The highest BCUT2D eigenvalue weighted by Crippen LogP contribution is 2.38. The van der Waals surface area contributed by atoms with Gasteiger partial charge in [-0.1, -0.05) is 23.9 Å². The number of carbonyl (C=O) groups is 2. The summed E-state index contributed by atoms with van der Waals surface area (Å²) in [6.07, 6.45) is 0. The number of amides is 2. The maximum absolute atomic E-state index is 12.4. The Hall–Kier alpha value is -2.31. The Morgan fingerprint density at radius 1 is 1.17 bits per heavy atom. The van der Waals surface area contributed by atoms with Gasteiger partial charge >= 0.3 is 0 Å². The molecule has 0 radical (unpaired) electrons. The van der Waals surface area contributed by atoms with Crippen LogP contribution in [0.15, 0.2) is 52.3 Å². The maximum Gasteiger partial charge on any atom is 0.256 e. The van der Waals surface area contributed by atoms with Crippen LogP contribution < -0.4 is 16.0 Å². The van der Waals surface area contributed by atoms with Crippen molar-refractivity contribution in [3.8, 4) is 0 Å². The van der Waals surface area contributed by atoms with E-state index in [9.17, 15) is 9.59 Å². The molecule has 5 nitrogen and oxygen atoms in total. The van der Waals surface area contributed by atoms with E-state index >= 15 is 0 Å². The fourth-order valence-electron chi connectivity index (χ4n) is 2.74. The number of benzene rings is 2. The van der Waals surface area contributed by atoms with Gasteiger partial charge in [0.2, 0.25) is 0 Å². The summed E-state index contributed by atoms with van der Waals surface area (Å²) in [5.74, 6) is 0.264. The van der Waals surface area contributed by atoms with E-state index < -0.39 is 0 Å². The topological polar surface area (TPSA) is 70.2 Å². The second kappa shape index (κ2) is 6.30. The van der Waals surface area contributed by atoms with Crippen molar-refractivity contribution in [2.24, 2.45) is 5.92 Å². The molecule has 1 saturated heterocycles. The van der Waals surface area contributed by atoms with Gasteiger partial charge in [-0.25, -0.2) is 0 Å². The van der Waals surface area contributed by atoms with Crippen molar-refractivity contribution >= 4 is 29.3 Å². The molecule has 2 aliphatic rings. The van der Waals surface area contributed by atoms with Crippen molar-refractivity contribution in [1.29, 1.82) is 0 Å². The molecule has 2 amide bonds. The first-order chi connectivity index (χ1) is 11.7. The molecule has 0 atom stereocenters. The molecule has 6 heteroatoms. The normalized spacial score (nSPS) is 16.2. The molecule has 0 saturated carbocycles. The zero-order chi connectivity index (χ0) is 16.5. The van der Waals surface area contributed by atoms with Crippen molar-refractivity contribution in [2.45, 2.75) is 9.79 Å². The predicted octanol–water partition coefficient (Wildman–Crippen LogP) is 2.35. The van der Waals surface area contributed by atoms with Crippen LogP contribution in [0.3, 0.4) is 0 Å². The average molecular weight is 339 g/mol. The highest BCUT2D eigenvalue weighted by atomic mass is 32.2. The second-order valence-corrected chi connectivity index (χ2v) is 7.08. The van der Waals surface area contributed by atoms with Gasteiger partial charge in [-0.2, -0.15) is 0 Å². The minimum absolute atomic E-state index is 0.106.